The maximum Gasteiger partial charge on any atom is 0.287 e. The highest BCUT2D eigenvalue weighted by Crippen LogP contribution is 2.20. The van der Waals surface area contributed by atoms with Crippen LogP contribution in [-0.2, 0) is 6.54 Å². The van der Waals surface area contributed by atoms with Gasteiger partial charge in [0.2, 0.25) is 0 Å². The molecule has 1 atom stereocenters. The van der Waals surface area contributed by atoms with Crippen LogP contribution < -0.4 is 5.32 Å². The molecule has 1 aliphatic heterocycles. The van der Waals surface area contributed by atoms with Crippen molar-refractivity contribution in [3.8, 4) is 0 Å². The fraction of sp³-hybridized carbons (Fsp3) is 0.312. The van der Waals surface area contributed by atoms with E-state index in [9.17, 15) is 20.2 Å². The van der Waals surface area contributed by atoms with Gasteiger partial charge in [-0.15, -0.1) is 0 Å². The number of non-ortho nitro benzene ring substituents is 1. The zero-order chi connectivity index (χ0) is 17.8. The molecule has 1 aromatic carbocycles. The summed E-state index contributed by atoms with van der Waals surface area (Å²) in [6.07, 6.45) is 2.14. The minimum atomic E-state index is -0.479. The minimum Gasteiger partial charge on any atom is -0.366 e. The number of nitro benzene ring substituents is 1. The Kier molecular flexibility index (Phi) is 4.85. The van der Waals surface area contributed by atoms with E-state index < -0.39 is 9.85 Å². The van der Waals surface area contributed by atoms with Crippen molar-refractivity contribution in [3.05, 3.63) is 68.4 Å². The van der Waals surface area contributed by atoms with Gasteiger partial charge in [-0.1, -0.05) is 12.1 Å². The molecule has 0 spiro atoms. The van der Waals surface area contributed by atoms with Crippen LogP contribution in [0.4, 0.5) is 17.2 Å². The van der Waals surface area contributed by atoms with E-state index in [0.29, 0.717) is 12.4 Å². The van der Waals surface area contributed by atoms with E-state index in [0.717, 1.165) is 25.1 Å². The quantitative estimate of drug-likeness (QED) is 0.633. The van der Waals surface area contributed by atoms with Crippen molar-refractivity contribution in [1.82, 2.24) is 9.88 Å². The van der Waals surface area contributed by atoms with Gasteiger partial charge in [0.05, 0.1) is 9.85 Å². The largest absolute Gasteiger partial charge is 0.366 e. The average molecular weight is 343 g/mol. The van der Waals surface area contributed by atoms with Crippen molar-refractivity contribution in [1.29, 1.82) is 0 Å². The van der Waals surface area contributed by atoms with E-state index in [1.807, 2.05) is 6.07 Å². The molecule has 1 fully saturated rings. The number of anilines is 1. The van der Waals surface area contributed by atoms with Gasteiger partial charge >= 0.3 is 0 Å². The SMILES string of the molecule is O=[N+]([O-])c1ccc(N[C@H]2CCN(Cc3cccc([N+](=O)[O-])c3)C2)nc1. The Balaban J connectivity index is 1.55. The van der Waals surface area contributed by atoms with E-state index >= 15 is 0 Å². The van der Waals surface area contributed by atoms with Crippen LogP contribution in [0.5, 0.6) is 0 Å². The van der Waals surface area contributed by atoms with Crippen LogP contribution in [0.1, 0.15) is 12.0 Å². The summed E-state index contributed by atoms with van der Waals surface area (Å²) in [5, 5.41) is 24.7. The standard InChI is InChI=1S/C16H17N5O4/c22-20(23)14-3-1-2-12(8-14)10-19-7-6-13(11-19)18-16-5-4-15(9-17-16)21(24)25/h1-5,8-9,13H,6-7,10-11H2,(H,17,18)/t13-/m0/s1. The maximum absolute atomic E-state index is 10.8. The number of nitrogens with zero attached hydrogens (tertiary/aromatic N) is 4. The van der Waals surface area contributed by atoms with Crippen molar-refractivity contribution in [3.63, 3.8) is 0 Å². The lowest BCUT2D eigenvalue weighted by molar-refractivity contribution is -0.385. The molecular formula is C16H17N5O4. The second-order valence-electron chi connectivity index (χ2n) is 5.95. The van der Waals surface area contributed by atoms with E-state index in [1.165, 1.54) is 18.3 Å². The molecule has 1 saturated heterocycles. The van der Waals surface area contributed by atoms with Crippen LogP contribution in [0.2, 0.25) is 0 Å². The average Bonchev–Trinajstić information content (AvgIpc) is 3.02. The molecule has 0 unspecified atom stereocenters. The summed E-state index contributed by atoms with van der Waals surface area (Å²) in [6, 6.07) is 9.86. The fourth-order valence-electron chi connectivity index (χ4n) is 2.91. The lowest BCUT2D eigenvalue weighted by atomic mass is 10.2. The van der Waals surface area contributed by atoms with E-state index in [1.54, 1.807) is 18.2 Å². The molecule has 0 amide bonds. The summed E-state index contributed by atoms with van der Waals surface area (Å²) >= 11 is 0. The Morgan fingerprint density at radius 2 is 1.96 bits per heavy atom. The third-order valence-electron chi connectivity index (χ3n) is 4.11. The molecule has 9 nitrogen and oxygen atoms in total. The van der Waals surface area contributed by atoms with Gasteiger partial charge in [0.15, 0.2) is 0 Å². The van der Waals surface area contributed by atoms with Crippen molar-refractivity contribution in [2.75, 3.05) is 18.4 Å². The van der Waals surface area contributed by atoms with Crippen molar-refractivity contribution in [2.45, 2.75) is 19.0 Å². The highest BCUT2D eigenvalue weighted by Gasteiger charge is 2.23. The summed E-state index contributed by atoms with van der Waals surface area (Å²) in [6.45, 7) is 2.29. The van der Waals surface area contributed by atoms with Gasteiger partial charge in [-0.25, -0.2) is 4.98 Å². The van der Waals surface area contributed by atoms with E-state index in [-0.39, 0.29) is 17.4 Å². The Hall–Kier alpha value is -3.07. The summed E-state index contributed by atoms with van der Waals surface area (Å²) in [5.41, 5.74) is 0.967. The van der Waals surface area contributed by atoms with Crippen LogP contribution in [0, 0.1) is 20.2 Å². The summed E-state index contributed by atoms with van der Waals surface area (Å²) < 4.78 is 0. The molecule has 0 aliphatic carbocycles. The second kappa shape index (κ2) is 7.22. The zero-order valence-electron chi connectivity index (χ0n) is 13.4. The zero-order valence-corrected chi connectivity index (χ0v) is 13.4. The van der Waals surface area contributed by atoms with Crippen LogP contribution in [0.3, 0.4) is 0 Å². The van der Waals surface area contributed by atoms with Crippen LogP contribution >= 0.6 is 0 Å². The lowest BCUT2D eigenvalue weighted by Crippen LogP contribution is -2.26. The molecule has 9 heteroatoms. The molecule has 0 bridgehead atoms. The normalized spacial score (nSPS) is 17.4. The van der Waals surface area contributed by atoms with Gasteiger partial charge < -0.3 is 5.32 Å². The number of nitro groups is 2. The van der Waals surface area contributed by atoms with E-state index in [4.69, 9.17) is 0 Å². The van der Waals surface area contributed by atoms with Crippen LogP contribution in [0.15, 0.2) is 42.6 Å². The molecule has 2 aromatic rings. The Labute approximate surface area is 143 Å². The number of hydrogen-bond acceptors (Lipinski definition) is 7. The number of hydrogen-bond donors (Lipinski definition) is 1. The maximum atomic E-state index is 10.8. The highest BCUT2D eigenvalue weighted by atomic mass is 16.6. The number of pyridine rings is 1. The van der Waals surface area contributed by atoms with Crippen molar-refractivity contribution in [2.24, 2.45) is 0 Å². The molecule has 1 aromatic heterocycles. The molecule has 1 aliphatic rings. The minimum absolute atomic E-state index is 0.0377. The van der Waals surface area contributed by atoms with Crippen molar-refractivity contribution >= 4 is 17.2 Å². The van der Waals surface area contributed by atoms with E-state index in [2.05, 4.69) is 15.2 Å². The Morgan fingerprint density at radius 1 is 1.16 bits per heavy atom. The highest BCUT2D eigenvalue weighted by molar-refractivity contribution is 5.41. The topological polar surface area (TPSA) is 114 Å². The van der Waals surface area contributed by atoms with Gasteiger partial charge in [0.1, 0.15) is 12.0 Å². The first-order valence-corrected chi connectivity index (χ1v) is 7.84. The van der Waals surface area contributed by atoms with Gasteiger partial charge in [-0.3, -0.25) is 25.1 Å². The first-order chi connectivity index (χ1) is 12.0. The molecule has 1 N–H and O–H groups in total. The number of likely N-dealkylation sites (tertiary alicyclic amines) is 1. The van der Waals surface area contributed by atoms with Crippen molar-refractivity contribution < 1.29 is 9.85 Å². The fourth-order valence-corrected chi connectivity index (χ4v) is 2.91. The van der Waals surface area contributed by atoms with Gasteiger partial charge in [-0.05, 0) is 18.1 Å². The number of rotatable bonds is 6. The van der Waals surface area contributed by atoms with Crippen LogP contribution in [-0.4, -0.2) is 38.9 Å². The smallest absolute Gasteiger partial charge is 0.287 e. The summed E-state index contributed by atoms with van der Waals surface area (Å²) in [4.78, 5) is 26.9. The van der Waals surface area contributed by atoms with Gasteiger partial charge in [0, 0.05) is 43.9 Å². The first kappa shape index (κ1) is 16.8. The third kappa shape index (κ3) is 4.27. The molecule has 25 heavy (non-hydrogen) atoms. The Morgan fingerprint density at radius 3 is 2.64 bits per heavy atom. The molecular weight excluding hydrogens is 326 g/mol. The molecule has 3 rings (SSSR count). The molecule has 0 saturated carbocycles. The molecule has 2 heterocycles. The first-order valence-electron chi connectivity index (χ1n) is 7.84. The lowest BCUT2D eigenvalue weighted by Gasteiger charge is -2.17. The molecule has 0 radical (unpaired) electrons. The summed E-state index contributed by atoms with van der Waals surface area (Å²) in [5.74, 6) is 0.604. The molecule has 130 valence electrons. The van der Waals surface area contributed by atoms with Gasteiger partial charge in [0.25, 0.3) is 11.4 Å². The monoisotopic (exact) mass is 343 g/mol. The number of nitrogens with one attached hydrogen (secondary N) is 1. The summed E-state index contributed by atoms with van der Waals surface area (Å²) in [7, 11) is 0. The second-order valence-corrected chi connectivity index (χ2v) is 5.95. The predicted molar refractivity (Wildman–Crippen MR) is 91.3 cm³/mol. The number of benzene rings is 1. The third-order valence-corrected chi connectivity index (χ3v) is 4.11. The van der Waals surface area contributed by atoms with Gasteiger partial charge in [-0.2, -0.15) is 0 Å². The van der Waals surface area contributed by atoms with Crippen LogP contribution in [0.25, 0.3) is 0 Å². The predicted octanol–water partition coefficient (Wildman–Crippen LogP) is 2.58. The Bertz CT molecular complexity index is 780. The number of aromatic nitrogens is 1.